The number of carbonyl (C=O) groups is 2. The van der Waals surface area contributed by atoms with E-state index in [1.54, 1.807) is 36.4 Å². The minimum Gasteiger partial charge on any atom is -0.405 e. The van der Waals surface area contributed by atoms with E-state index < -0.39 is 12.3 Å². The molecule has 2 aromatic carbocycles. The number of ether oxygens (including phenoxy) is 1. The largest absolute Gasteiger partial charge is 0.573 e. The summed E-state index contributed by atoms with van der Waals surface area (Å²) in [7, 11) is 0. The fourth-order valence-corrected chi connectivity index (χ4v) is 2.14. The number of halogens is 3. The number of amides is 2. The zero-order chi connectivity index (χ0) is 19.0. The van der Waals surface area contributed by atoms with Gasteiger partial charge in [0.05, 0.1) is 0 Å². The Balaban J connectivity index is 1.78. The van der Waals surface area contributed by atoms with E-state index in [0.717, 1.165) is 0 Å². The first-order valence-corrected chi connectivity index (χ1v) is 7.79. The number of alkyl halides is 3. The second-order valence-corrected chi connectivity index (χ2v) is 5.30. The van der Waals surface area contributed by atoms with Gasteiger partial charge in [0.2, 0.25) is 5.91 Å². The SMILES string of the molecule is O=C(CCNC(=O)c1ccccc1)NCc1ccccc1OC(F)(F)F. The molecule has 0 unspecified atom stereocenters. The standard InChI is InChI=1S/C18H17F3N2O3/c19-18(20,21)26-15-9-5-4-8-14(15)12-23-16(24)10-11-22-17(25)13-6-2-1-3-7-13/h1-9H,10-12H2,(H,22,25)(H,23,24). The van der Waals surface area contributed by atoms with E-state index in [0.29, 0.717) is 5.56 Å². The second-order valence-electron chi connectivity index (χ2n) is 5.30. The molecule has 2 rings (SSSR count). The molecule has 0 aliphatic heterocycles. The third-order valence-electron chi connectivity index (χ3n) is 3.35. The number of nitrogens with one attached hydrogen (secondary N) is 2. The molecular weight excluding hydrogens is 349 g/mol. The van der Waals surface area contributed by atoms with Crippen LogP contribution in [0.2, 0.25) is 0 Å². The number of carbonyl (C=O) groups excluding carboxylic acids is 2. The van der Waals surface area contributed by atoms with Crippen molar-refractivity contribution in [2.45, 2.75) is 19.3 Å². The van der Waals surface area contributed by atoms with Crippen LogP contribution >= 0.6 is 0 Å². The average molecular weight is 366 g/mol. The van der Waals surface area contributed by atoms with Crippen LogP contribution in [0.25, 0.3) is 0 Å². The van der Waals surface area contributed by atoms with Crippen LogP contribution in [0.1, 0.15) is 22.3 Å². The molecule has 0 aliphatic rings. The number of para-hydroxylation sites is 1. The van der Waals surface area contributed by atoms with E-state index in [4.69, 9.17) is 0 Å². The van der Waals surface area contributed by atoms with Crippen molar-refractivity contribution in [1.82, 2.24) is 10.6 Å². The van der Waals surface area contributed by atoms with Crippen molar-refractivity contribution in [2.75, 3.05) is 6.54 Å². The molecule has 0 atom stereocenters. The van der Waals surface area contributed by atoms with Crippen LogP contribution in [0.3, 0.4) is 0 Å². The Kier molecular flexibility index (Phi) is 6.60. The topological polar surface area (TPSA) is 67.4 Å². The van der Waals surface area contributed by atoms with Gasteiger partial charge in [0, 0.05) is 30.6 Å². The predicted molar refractivity (Wildman–Crippen MR) is 88.4 cm³/mol. The van der Waals surface area contributed by atoms with E-state index in [2.05, 4.69) is 15.4 Å². The molecule has 26 heavy (non-hydrogen) atoms. The van der Waals surface area contributed by atoms with Crippen molar-refractivity contribution in [3.63, 3.8) is 0 Å². The summed E-state index contributed by atoms with van der Waals surface area (Å²) in [6, 6.07) is 14.1. The molecule has 0 aromatic heterocycles. The summed E-state index contributed by atoms with van der Waals surface area (Å²) >= 11 is 0. The lowest BCUT2D eigenvalue weighted by Gasteiger charge is -2.13. The first kappa shape index (κ1) is 19.3. The first-order chi connectivity index (χ1) is 12.3. The summed E-state index contributed by atoms with van der Waals surface area (Å²) in [6.07, 6.45) is -4.80. The summed E-state index contributed by atoms with van der Waals surface area (Å²) in [5.41, 5.74) is 0.678. The Morgan fingerprint density at radius 2 is 1.58 bits per heavy atom. The Morgan fingerprint density at radius 1 is 0.923 bits per heavy atom. The van der Waals surface area contributed by atoms with Crippen molar-refractivity contribution in [3.05, 3.63) is 65.7 Å². The zero-order valence-corrected chi connectivity index (χ0v) is 13.7. The van der Waals surface area contributed by atoms with Crippen molar-refractivity contribution >= 4 is 11.8 Å². The van der Waals surface area contributed by atoms with Crippen LogP contribution in [-0.4, -0.2) is 24.7 Å². The summed E-state index contributed by atoms with van der Waals surface area (Å²) in [6.45, 7) is -0.00201. The molecule has 0 heterocycles. The van der Waals surface area contributed by atoms with Crippen LogP contribution in [0.15, 0.2) is 54.6 Å². The van der Waals surface area contributed by atoms with Crippen LogP contribution in [0.4, 0.5) is 13.2 Å². The van der Waals surface area contributed by atoms with E-state index >= 15 is 0 Å². The molecule has 0 saturated carbocycles. The lowest BCUT2D eigenvalue weighted by atomic mass is 10.2. The van der Waals surface area contributed by atoms with Gasteiger partial charge in [-0.2, -0.15) is 0 Å². The van der Waals surface area contributed by atoms with Gasteiger partial charge in [0.15, 0.2) is 0 Å². The predicted octanol–water partition coefficient (Wildman–Crippen LogP) is 3.02. The molecular formula is C18H17F3N2O3. The fraction of sp³-hybridized carbons (Fsp3) is 0.222. The third-order valence-corrected chi connectivity index (χ3v) is 3.35. The van der Waals surface area contributed by atoms with Gasteiger partial charge in [0.25, 0.3) is 5.91 Å². The van der Waals surface area contributed by atoms with Gasteiger partial charge >= 0.3 is 6.36 Å². The Morgan fingerprint density at radius 3 is 2.27 bits per heavy atom. The van der Waals surface area contributed by atoms with Gasteiger partial charge in [-0.25, -0.2) is 0 Å². The zero-order valence-electron chi connectivity index (χ0n) is 13.7. The summed E-state index contributed by atoms with van der Waals surface area (Å²) < 4.78 is 41.0. The molecule has 138 valence electrons. The van der Waals surface area contributed by atoms with Gasteiger partial charge in [0.1, 0.15) is 5.75 Å². The maximum absolute atomic E-state index is 12.4. The van der Waals surface area contributed by atoms with Gasteiger partial charge in [-0.05, 0) is 18.2 Å². The van der Waals surface area contributed by atoms with Crippen molar-refractivity contribution < 1.29 is 27.5 Å². The summed E-state index contributed by atoms with van der Waals surface area (Å²) in [5.74, 6) is -1.07. The highest BCUT2D eigenvalue weighted by Gasteiger charge is 2.31. The van der Waals surface area contributed by atoms with Crippen LogP contribution in [0.5, 0.6) is 5.75 Å². The molecule has 0 spiro atoms. The van der Waals surface area contributed by atoms with Gasteiger partial charge < -0.3 is 15.4 Å². The third kappa shape index (κ3) is 6.46. The monoisotopic (exact) mass is 366 g/mol. The molecule has 0 saturated heterocycles. The maximum Gasteiger partial charge on any atom is 0.573 e. The van der Waals surface area contributed by atoms with Crippen molar-refractivity contribution in [1.29, 1.82) is 0 Å². The number of hydrogen-bond donors (Lipinski definition) is 2. The molecule has 8 heteroatoms. The van der Waals surface area contributed by atoms with E-state index in [1.807, 2.05) is 0 Å². The minimum absolute atomic E-state index is 0.000862. The minimum atomic E-state index is -4.80. The van der Waals surface area contributed by atoms with Gasteiger partial charge in [-0.1, -0.05) is 36.4 Å². The number of benzene rings is 2. The first-order valence-electron chi connectivity index (χ1n) is 7.79. The van der Waals surface area contributed by atoms with Gasteiger partial charge in [-0.3, -0.25) is 9.59 Å². The molecule has 2 amide bonds. The fourth-order valence-electron chi connectivity index (χ4n) is 2.14. The quantitative estimate of drug-likeness (QED) is 0.792. The Hall–Kier alpha value is -3.03. The molecule has 0 aliphatic carbocycles. The highest BCUT2D eigenvalue weighted by Crippen LogP contribution is 2.26. The highest BCUT2D eigenvalue weighted by molar-refractivity contribution is 5.94. The Labute approximate surface area is 148 Å². The van der Waals surface area contributed by atoms with E-state index in [9.17, 15) is 22.8 Å². The van der Waals surface area contributed by atoms with Crippen LogP contribution in [-0.2, 0) is 11.3 Å². The lowest BCUT2D eigenvalue weighted by Crippen LogP contribution is -2.30. The average Bonchev–Trinajstić information content (AvgIpc) is 2.60. The summed E-state index contributed by atoms with van der Waals surface area (Å²) in [5, 5.41) is 5.10. The lowest BCUT2D eigenvalue weighted by molar-refractivity contribution is -0.274. The number of rotatable bonds is 7. The summed E-state index contributed by atoms with van der Waals surface area (Å²) in [4.78, 5) is 23.6. The van der Waals surface area contributed by atoms with Gasteiger partial charge in [-0.15, -0.1) is 13.2 Å². The van der Waals surface area contributed by atoms with Crippen LogP contribution in [0, 0.1) is 0 Å². The van der Waals surface area contributed by atoms with Crippen molar-refractivity contribution in [2.24, 2.45) is 0 Å². The van der Waals surface area contributed by atoms with Crippen LogP contribution < -0.4 is 15.4 Å². The van der Waals surface area contributed by atoms with E-state index in [1.165, 1.54) is 18.2 Å². The molecule has 0 bridgehead atoms. The van der Waals surface area contributed by atoms with E-state index in [-0.39, 0.29) is 36.7 Å². The Bertz CT molecular complexity index is 749. The molecule has 5 nitrogen and oxygen atoms in total. The molecule has 2 aromatic rings. The smallest absolute Gasteiger partial charge is 0.405 e. The molecule has 0 fully saturated rings. The molecule has 0 radical (unpaired) electrons. The number of hydrogen-bond acceptors (Lipinski definition) is 3. The second kappa shape index (κ2) is 8.89. The van der Waals surface area contributed by atoms with Crippen molar-refractivity contribution in [3.8, 4) is 5.75 Å². The normalized spacial score (nSPS) is 10.9. The highest BCUT2D eigenvalue weighted by atomic mass is 19.4. The molecule has 2 N–H and O–H groups in total. The maximum atomic E-state index is 12.4.